The van der Waals surface area contributed by atoms with Crippen LogP contribution >= 0.6 is 0 Å². The van der Waals surface area contributed by atoms with Crippen LogP contribution in [0.5, 0.6) is 5.75 Å². The second-order valence-corrected chi connectivity index (χ2v) is 4.01. The predicted octanol–water partition coefficient (Wildman–Crippen LogP) is 0.227. The number of anilines is 1. The van der Waals surface area contributed by atoms with Crippen molar-refractivity contribution < 1.29 is 14.3 Å². The van der Waals surface area contributed by atoms with Gasteiger partial charge in [0.15, 0.2) is 6.61 Å². The zero-order chi connectivity index (χ0) is 13.5. The summed E-state index contributed by atoms with van der Waals surface area (Å²) in [6.45, 7) is 1.59. The van der Waals surface area contributed by atoms with Crippen LogP contribution in [0.15, 0.2) is 24.3 Å². The molecule has 2 amide bonds. The van der Waals surface area contributed by atoms with Gasteiger partial charge in [-0.05, 0) is 31.2 Å². The number of nitrogens with two attached hydrogens (primary N) is 2. The number of benzene rings is 1. The van der Waals surface area contributed by atoms with E-state index in [0.717, 1.165) is 0 Å². The Morgan fingerprint density at radius 3 is 2.44 bits per heavy atom. The first-order chi connectivity index (χ1) is 8.47. The summed E-state index contributed by atoms with van der Waals surface area (Å²) in [7, 11) is 0. The largest absolute Gasteiger partial charge is 0.484 e. The Morgan fingerprint density at radius 1 is 1.33 bits per heavy atom. The second kappa shape index (κ2) is 6.61. The van der Waals surface area contributed by atoms with Crippen LogP contribution in [0.1, 0.15) is 13.3 Å². The summed E-state index contributed by atoms with van der Waals surface area (Å²) < 4.78 is 5.08. The van der Waals surface area contributed by atoms with Gasteiger partial charge in [0.05, 0.1) is 0 Å². The molecule has 1 aromatic carbocycles. The molecule has 0 aliphatic heterocycles. The minimum atomic E-state index is -0.538. The summed E-state index contributed by atoms with van der Waals surface area (Å²) in [6.07, 6.45) is 0.264. The highest BCUT2D eigenvalue weighted by Gasteiger charge is 2.05. The van der Waals surface area contributed by atoms with Gasteiger partial charge in [0.1, 0.15) is 5.75 Å². The van der Waals surface area contributed by atoms with Crippen molar-refractivity contribution in [1.29, 1.82) is 0 Å². The highest BCUT2D eigenvalue weighted by Crippen LogP contribution is 2.15. The van der Waals surface area contributed by atoms with E-state index >= 15 is 0 Å². The zero-order valence-corrected chi connectivity index (χ0v) is 10.2. The zero-order valence-electron chi connectivity index (χ0n) is 10.2. The lowest BCUT2D eigenvalue weighted by molar-refractivity contribution is -0.120. The summed E-state index contributed by atoms with van der Waals surface area (Å²) in [5, 5.41) is 2.70. The molecule has 0 saturated carbocycles. The van der Waals surface area contributed by atoms with Gasteiger partial charge in [-0.15, -0.1) is 0 Å². The molecular formula is C12H17N3O3. The second-order valence-electron chi connectivity index (χ2n) is 4.01. The van der Waals surface area contributed by atoms with Crippen molar-refractivity contribution in [1.82, 2.24) is 0 Å². The molecule has 18 heavy (non-hydrogen) atoms. The van der Waals surface area contributed by atoms with E-state index in [-0.39, 0.29) is 25.0 Å². The van der Waals surface area contributed by atoms with E-state index in [1.807, 2.05) is 0 Å². The van der Waals surface area contributed by atoms with E-state index in [1.54, 1.807) is 31.2 Å². The van der Waals surface area contributed by atoms with Crippen molar-refractivity contribution in [2.24, 2.45) is 11.5 Å². The van der Waals surface area contributed by atoms with Gasteiger partial charge in [0, 0.05) is 18.2 Å². The van der Waals surface area contributed by atoms with Gasteiger partial charge >= 0.3 is 0 Å². The SMILES string of the molecule is CC(N)CC(=O)Nc1ccc(OCC(N)=O)cc1. The molecule has 0 aliphatic rings. The lowest BCUT2D eigenvalue weighted by Crippen LogP contribution is -2.23. The van der Waals surface area contributed by atoms with Crippen molar-refractivity contribution in [3.63, 3.8) is 0 Å². The molecule has 1 unspecified atom stereocenters. The molecule has 0 heterocycles. The molecule has 5 N–H and O–H groups in total. The average Bonchev–Trinajstić information content (AvgIpc) is 2.26. The summed E-state index contributed by atoms with van der Waals surface area (Å²) in [4.78, 5) is 22.0. The number of rotatable bonds is 6. The van der Waals surface area contributed by atoms with Gasteiger partial charge in [-0.25, -0.2) is 0 Å². The molecule has 0 fully saturated rings. The molecule has 0 aliphatic carbocycles. The lowest BCUT2D eigenvalue weighted by atomic mass is 10.2. The molecule has 1 aromatic rings. The van der Waals surface area contributed by atoms with Gasteiger partial charge in [-0.3, -0.25) is 9.59 Å². The normalized spacial score (nSPS) is 11.7. The van der Waals surface area contributed by atoms with Crippen molar-refractivity contribution >= 4 is 17.5 Å². The first kappa shape index (κ1) is 14.0. The average molecular weight is 251 g/mol. The standard InChI is InChI=1S/C12H17N3O3/c1-8(13)6-12(17)15-9-2-4-10(5-3-9)18-7-11(14)16/h2-5,8H,6-7,13H2,1H3,(H2,14,16)(H,15,17). The van der Waals surface area contributed by atoms with Crippen LogP contribution in [0.4, 0.5) is 5.69 Å². The Labute approximate surface area is 105 Å². The predicted molar refractivity (Wildman–Crippen MR) is 68.0 cm³/mol. The number of nitrogens with one attached hydrogen (secondary N) is 1. The van der Waals surface area contributed by atoms with Crippen LogP contribution in [0, 0.1) is 0 Å². The molecule has 0 spiro atoms. The third-order valence-electron chi connectivity index (χ3n) is 2.03. The van der Waals surface area contributed by atoms with Crippen LogP contribution in [-0.2, 0) is 9.59 Å². The number of ether oxygens (including phenoxy) is 1. The van der Waals surface area contributed by atoms with Crippen molar-refractivity contribution in [2.75, 3.05) is 11.9 Å². The van der Waals surface area contributed by atoms with Gasteiger partial charge < -0.3 is 21.5 Å². The molecule has 1 atom stereocenters. The Hall–Kier alpha value is -2.08. The third kappa shape index (κ3) is 5.31. The van der Waals surface area contributed by atoms with Crippen LogP contribution in [-0.4, -0.2) is 24.5 Å². The number of carbonyl (C=O) groups is 2. The van der Waals surface area contributed by atoms with Crippen LogP contribution in [0.3, 0.4) is 0 Å². The quantitative estimate of drug-likeness (QED) is 0.672. The van der Waals surface area contributed by atoms with Crippen molar-refractivity contribution in [3.8, 4) is 5.75 Å². The van der Waals surface area contributed by atoms with Gasteiger partial charge in [-0.2, -0.15) is 0 Å². The molecule has 6 nitrogen and oxygen atoms in total. The summed E-state index contributed by atoms with van der Waals surface area (Å²) in [5.74, 6) is -0.167. The van der Waals surface area contributed by atoms with E-state index in [9.17, 15) is 9.59 Å². The number of hydrogen-bond acceptors (Lipinski definition) is 4. The molecule has 1 rings (SSSR count). The van der Waals surface area contributed by atoms with Gasteiger partial charge in [-0.1, -0.05) is 0 Å². The first-order valence-corrected chi connectivity index (χ1v) is 5.54. The number of primary amides is 1. The fourth-order valence-electron chi connectivity index (χ4n) is 1.29. The lowest BCUT2D eigenvalue weighted by Gasteiger charge is -2.08. The fraction of sp³-hybridized carbons (Fsp3) is 0.333. The molecular weight excluding hydrogens is 234 g/mol. The molecule has 0 saturated heterocycles. The maximum atomic E-state index is 11.4. The van der Waals surface area contributed by atoms with Crippen LogP contribution < -0.4 is 21.5 Å². The van der Waals surface area contributed by atoms with Gasteiger partial charge in [0.2, 0.25) is 5.91 Å². The molecule has 0 bridgehead atoms. The summed E-state index contributed by atoms with van der Waals surface area (Å²) in [6, 6.07) is 6.46. The fourth-order valence-corrected chi connectivity index (χ4v) is 1.29. The van der Waals surface area contributed by atoms with E-state index < -0.39 is 5.91 Å². The van der Waals surface area contributed by atoms with Gasteiger partial charge in [0.25, 0.3) is 5.91 Å². The highest BCUT2D eigenvalue weighted by molar-refractivity contribution is 5.91. The highest BCUT2D eigenvalue weighted by atomic mass is 16.5. The Bertz CT molecular complexity index is 415. The topological polar surface area (TPSA) is 107 Å². The third-order valence-corrected chi connectivity index (χ3v) is 2.03. The molecule has 0 aromatic heterocycles. The maximum absolute atomic E-state index is 11.4. The van der Waals surface area contributed by atoms with Crippen LogP contribution in [0.25, 0.3) is 0 Å². The number of carbonyl (C=O) groups excluding carboxylic acids is 2. The van der Waals surface area contributed by atoms with E-state index in [2.05, 4.69) is 5.32 Å². The van der Waals surface area contributed by atoms with Crippen LogP contribution in [0.2, 0.25) is 0 Å². The number of amides is 2. The van der Waals surface area contributed by atoms with E-state index in [4.69, 9.17) is 16.2 Å². The summed E-state index contributed by atoms with van der Waals surface area (Å²) in [5.41, 5.74) is 11.1. The smallest absolute Gasteiger partial charge is 0.255 e. The molecule has 0 radical (unpaired) electrons. The maximum Gasteiger partial charge on any atom is 0.255 e. The van der Waals surface area contributed by atoms with E-state index in [0.29, 0.717) is 11.4 Å². The Kier molecular flexibility index (Phi) is 5.13. The first-order valence-electron chi connectivity index (χ1n) is 5.54. The van der Waals surface area contributed by atoms with Crippen molar-refractivity contribution in [2.45, 2.75) is 19.4 Å². The Morgan fingerprint density at radius 2 is 1.94 bits per heavy atom. The molecule has 6 heteroatoms. The summed E-state index contributed by atoms with van der Waals surface area (Å²) >= 11 is 0. The monoisotopic (exact) mass is 251 g/mol. The minimum Gasteiger partial charge on any atom is -0.484 e. The molecule has 98 valence electrons. The Balaban J connectivity index is 2.49. The minimum absolute atomic E-state index is 0.143. The van der Waals surface area contributed by atoms with E-state index in [1.165, 1.54) is 0 Å². The number of hydrogen-bond donors (Lipinski definition) is 3. The van der Waals surface area contributed by atoms with Crippen molar-refractivity contribution in [3.05, 3.63) is 24.3 Å².